The van der Waals surface area contributed by atoms with Crippen molar-refractivity contribution in [3.05, 3.63) is 54.6 Å². The van der Waals surface area contributed by atoms with Gasteiger partial charge in [0, 0.05) is 26.3 Å². The van der Waals surface area contributed by atoms with Crippen LogP contribution < -0.4 is 9.80 Å². The summed E-state index contributed by atoms with van der Waals surface area (Å²) in [5, 5.41) is 0. The van der Waals surface area contributed by atoms with Crippen LogP contribution in [0.25, 0.3) is 0 Å². The van der Waals surface area contributed by atoms with Crippen LogP contribution in [0.4, 0.5) is 17.1 Å². The third-order valence-corrected chi connectivity index (χ3v) is 3.46. The van der Waals surface area contributed by atoms with E-state index < -0.39 is 0 Å². The van der Waals surface area contributed by atoms with E-state index in [-0.39, 0.29) is 0 Å². The van der Waals surface area contributed by atoms with Gasteiger partial charge in [-0.1, -0.05) is 43.7 Å². The molecular formula is C18H24N2. The summed E-state index contributed by atoms with van der Waals surface area (Å²) in [5.74, 6) is 0. The van der Waals surface area contributed by atoms with Crippen LogP contribution in [0.1, 0.15) is 19.8 Å². The van der Waals surface area contributed by atoms with Crippen LogP contribution in [0.5, 0.6) is 0 Å². The van der Waals surface area contributed by atoms with Gasteiger partial charge in [-0.15, -0.1) is 0 Å². The van der Waals surface area contributed by atoms with E-state index in [1.54, 1.807) is 0 Å². The van der Waals surface area contributed by atoms with E-state index in [2.05, 4.69) is 85.4 Å². The lowest BCUT2D eigenvalue weighted by molar-refractivity contribution is 0.785. The number of benzene rings is 2. The Labute approximate surface area is 122 Å². The summed E-state index contributed by atoms with van der Waals surface area (Å²) in [6, 6.07) is 19.2. The van der Waals surface area contributed by atoms with Gasteiger partial charge in [0.25, 0.3) is 0 Å². The maximum atomic E-state index is 2.42. The maximum absolute atomic E-state index is 2.42. The van der Waals surface area contributed by atoms with Crippen molar-refractivity contribution in [3.63, 3.8) is 0 Å². The zero-order valence-electron chi connectivity index (χ0n) is 12.7. The summed E-state index contributed by atoms with van der Waals surface area (Å²) in [5.41, 5.74) is 3.79. The van der Waals surface area contributed by atoms with Gasteiger partial charge in [0.05, 0.1) is 11.4 Å². The second-order valence-corrected chi connectivity index (χ2v) is 5.22. The predicted octanol–water partition coefficient (Wildman–Crippen LogP) is 4.69. The second kappa shape index (κ2) is 6.99. The molecule has 0 amide bonds. The number of hydrogen-bond acceptors (Lipinski definition) is 2. The molecule has 2 heteroatoms. The van der Waals surface area contributed by atoms with Crippen molar-refractivity contribution in [1.29, 1.82) is 0 Å². The van der Waals surface area contributed by atoms with Crippen molar-refractivity contribution in [2.24, 2.45) is 0 Å². The Morgan fingerprint density at radius 2 is 1.40 bits per heavy atom. The molecule has 0 atom stereocenters. The first-order valence-electron chi connectivity index (χ1n) is 7.33. The van der Waals surface area contributed by atoms with E-state index >= 15 is 0 Å². The highest BCUT2D eigenvalue weighted by molar-refractivity contribution is 5.76. The molecule has 106 valence electrons. The van der Waals surface area contributed by atoms with E-state index in [4.69, 9.17) is 0 Å². The van der Waals surface area contributed by atoms with Gasteiger partial charge in [-0.25, -0.2) is 0 Å². The van der Waals surface area contributed by atoms with Crippen molar-refractivity contribution in [1.82, 2.24) is 0 Å². The molecule has 0 radical (unpaired) electrons. The molecule has 0 N–H and O–H groups in total. The molecule has 0 heterocycles. The summed E-state index contributed by atoms with van der Waals surface area (Å²) in [6.07, 6.45) is 2.39. The number of para-hydroxylation sites is 3. The van der Waals surface area contributed by atoms with E-state index in [1.807, 2.05) is 0 Å². The molecule has 0 saturated carbocycles. The van der Waals surface area contributed by atoms with Crippen LogP contribution in [0.2, 0.25) is 0 Å². The Morgan fingerprint density at radius 3 is 2.00 bits per heavy atom. The molecule has 2 rings (SSSR count). The van der Waals surface area contributed by atoms with Gasteiger partial charge < -0.3 is 9.80 Å². The van der Waals surface area contributed by atoms with Crippen LogP contribution >= 0.6 is 0 Å². The number of rotatable bonds is 6. The molecule has 0 saturated heterocycles. The van der Waals surface area contributed by atoms with Crippen LogP contribution in [-0.4, -0.2) is 20.6 Å². The summed E-state index contributed by atoms with van der Waals surface area (Å²) < 4.78 is 0. The molecule has 0 unspecified atom stereocenters. The van der Waals surface area contributed by atoms with E-state index in [0.29, 0.717) is 0 Å². The van der Waals surface area contributed by atoms with Crippen LogP contribution in [-0.2, 0) is 0 Å². The highest BCUT2D eigenvalue weighted by Gasteiger charge is 2.13. The number of hydrogen-bond donors (Lipinski definition) is 0. The third kappa shape index (κ3) is 3.32. The SMILES string of the molecule is CCCCN(c1ccccc1)c1ccccc1N(C)C. The minimum absolute atomic E-state index is 1.05. The smallest absolute Gasteiger partial charge is 0.0648 e. The Hall–Kier alpha value is -1.96. The quantitative estimate of drug-likeness (QED) is 0.750. The summed E-state index contributed by atoms with van der Waals surface area (Å²) in [7, 11) is 4.20. The minimum atomic E-state index is 1.05. The van der Waals surface area contributed by atoms with Gasteiger partial charge >= 0.3 is 0 Å². The van der Waals surface area contributed by atoms with Gasteiger partial charge in [0.2, 0.25) is 0 Å². The Kier molecular flexibility index (Phi) is 5.05. The Balaban J connectivity index is 2.41. The topological polar surface area (TPSA) is 6.48 Å². The molecule has 0 aromatic heterocycles. The molecule has 0 aliphatic carbocycles. The lowest BCUT2D eigenvalue weighted by Gasteiger charge is -2.29. The fourth-order valence-electron chi connectivity index (χ4n) is 2.38. The first-order valence-corrected chi connectivity index (χ1v) is 7.33. The standard InChI is InChI=1S/C18H24N2/c1-4-5-15-20(16-11-7-6-8-12-16)18-14-10-9-13-17(18)19(2)3/h6-14H,4-5,15H2,1-3H3. The highest BCUT2D eigenvalue weighted by Crippen LogP contribution is 2.33. The fraction of sp³-hybridized carbons (Fsp3) is 0.333. The first kappa shape index (κ1) is 14.4. The molecule has 2 nitrogen and oxygen atoms in total. The van der Waals surface area contributed by atoms with Crippen molar-refractivity contribution in [2.45, 2.75) is 19.8 Å². The normalized spacial score (nSPS) is 10.3. The van der Waals surface area contributed by atoms with Gasteiger partial charge in [0.1, 0.15) is 0 Å². The number of nitrogens with zero attached hydrogens (tertiary/aromatic N) is 2. The molecular weight excluding hydrogens is 244 g/mol. The van der Waals surface area contributed by atoms with Crippen molar-refractivity contribution in [3.8, 4) is 0 Å². The maximum Gasteiger partial charge on any atom is 0.0648 e. The number of unbranched alkanes of at least 4 members (excludes halogenated alkanes) is 1. The van der Waals surface area contributed by atoms with E-state index in [1.165, 1.54) is 29.9 Å². The Morgan fingerprint density at radius 1 is 0.800 bits per heavy atom. The molecule has 0 bridgehead atoms. The summed E-state index contributed by atoms with van der Waals surface area (Å²) >= 11 is 0. The monoisotopic (exact) mass is 268 g/mol. The minimum Gasteiger partial charge on any atom is -0.376 e. The van der Waals surface area contributed by atoms with Crippen molar-refractivity contribution >= 4 is 17.1 Å². The average Bonchev–Trinajstić information content (AvgIpc) is 2.49. The summed E-state index contributed by atoms with van der Waals surface area (Å²) in [4.78, 5) is 4.59. The van der Waals surface area contributed by atoms with Gasteiger partial charge in [-0.05, 0) is 30.7 Å². The second-order valence-electron chi connectivity index (χ2n) is 5.22. The van der Waals surface area contributed by atoms with Gasteiger partial charge in [-0.3, -0.25) is 0 Å². The number of anilines is 3. The van der Waals surface area contributed by atoms with E-state index in [0.717, 1.165) is 6.54 Å². The molecule has 2 aromatic rings. The van der Waals surface area contributed by atoms with Crippen LogP contribution in [0.15, 0.2) is 54.6 Å². The van der Waals surface area contributed by atoms with E-state index in [9.17, 15) is 0 Å². The zero-order chi connectivity index (χ0) is 14.4. The molecule has 0 aliphatic heterocycles. The predicted molar refractivity (Wildman–Crippen MR) is 89.1 cm³/mol. The lowest BCUT2D eigenvalue weighted by atomic mass is 10.1. The van der Waals surface area contributed by atoms with Gasteiger partial charge in [-0.2, -0.15) is 0 Å². The molecule has 0 aliphatic rings. The largest absolute Gasteiger partial charge is 0.376 e. The fourth-order valence-corrected chi connectivity index (χ4v) is 2.38. The molecule has 0 fully saturated rings. The van der Waals surface area contributed by atoms with Crippen LogP contribution in [0.3, 0.4) is 0 Å². The third-order valence-electron chi connectivity index (χ3n) is 3.46. The van der Waals surface area contributed by atoms with Crippen molar-refractivity contribution in [2.75, 3.05) is 30.4 Å². The molecule has 0 spiro atoms. The lowest BCUT2D eigenvalue weighted by Crippen LogP contribution is -2.21. The zero-order valence-corrected chi connectivity index (χ0v) is 12.7. The average molecular weight is 268 g/mol. The van der Waals surface area contributed by atoms with Gasteiger partial charge in [0.15, 0.2) is 0 Å². The van der Waals surface area contributed by atoms with Crippen molar-refractivity contribution < 1.29 is 0 Å². The molecule has 2 aromatic carbocycles. The first-order chi connectivity index (χ1) is 9.74. The summed E-state index contributed by atoms with van der Waals surface area (Å²) in [6.45, 7) is 3.28. The highest BCUT2D eigenvalue weighted by atomic mass is 15.2. The Bertz CT molecular complexity index is 520. The molecule has 20 heavy (non-hydrogen) atoms. The van der Waals surface area contributed by atoms with Crippen LogP contribution in [0, 0.1) is 0 Å².